The lowest BCUT2D eigenvalue weighted by Gasteiger charge is -2.29. The molecule has 2 fully saturated rings. The molecule has 5 nitrogen and oxygen atoms in total. The lowest BCUT2D eigenvalue weighted by molar-refractivity contribution is -0.136. The Hall–Kier alpha value is -1.40. The van der Waals surface area contributed by atoms with Crippen LogP contribution in [0.1, 0.15) is 44.1 Å². The predicted molar refractivity (Wildman–Crippen MR) is 93.8 cm³/mol. The average molecular weight is 350 g/mol. The van der Waals surface area contributed by atoms with Crippen LogP contribution in [0.3, 0.4) is 0 Å². The molecule has 3 rings (SSSR count). The molecule has 1 aromatic heterocycles. The second-order valence-electron chi connectivity index (χ2n) is 6.63. The summed E-state index contributed by atoms with van der Waals surface area (Å²) in [4.78, 5) is 28.4. The monoisotopic (exact) mass is 350 g/mol. The molecule has 6 heteroatoms. The van der Waals surface area contributed by atoms with Crippen molar-refractivity contribution in [1.29, 1.82) is 0 Å². The number of rotatable bonds is 7. The minimum atomic E-state index is 0.120. The SMILES string of the molecule is O=C1CCCCN1CCC(=O)N(Cc1ccsc1)C[C@@H]1CCCO1. The van der Waals surface area contributed by atoms with E-state index in [0.29, 0.717) is 32.5 Å². The molecule has 3 heterocycles. The Labute approximate surface area is 147 Å². The fourth-order valence-corrected chi connectivity index (χ4v) is 4.04. The standard InChI is InChI=1S/C18H26N2O3S/c21-17-5-1-2-8-19(17)9-6-18(22)20(12-15-7-11-24-14-15)13-16-4-3-10-23-16/h7,11,14,16H,1-6,8-10,12-13H2/t16-/m0/s1. The van der Waals surface area contributed by atoms with Gasteiger partial charge in [0.1, 0.15) is 0 Å². The Bertz CT molecular complexity index is 540. The average Bonchev–Trinajstić information content (AvgIpc) is 3.27. The van der Waals surface area contributed by atoms with E-state index >= 15 is 0 Å². The van der Waals surface area contributed by atoms with E-state index in [1.807, 2.05) is 15.2 Å². The molecule has 0 spiro atoms. The normalized spacial score (nSPS) is 21.2. The third-order valence-corrected chi connectivity index (χ3v) is 5.50. The first kappa shape index (κ1) is 17.4. The first-order valence-corrected chi connectivity index (χ1v) is 9.85. The van der Waals surface area contributed by atoms with Crippen molar-refractivity contribution in [2.45, 2.75) is 51.2 Å². The van der Waals surface area contributed by atoms with E-state index in [0.717, 1.165) is 38.8 Å². The van der Waals surface area contributed by atoms with Gasteiger partial charge in [0.05, 0.1) is 6.10 Å². The van der Waals surface area contributed by atoms with Gasteiger partial charge in [0.15, 0.2) is 0 Å². The van der Waals surface area contributed by atoms with Crippen LogP contribution in [0.5, 0.6) is 0 Å². The van der Waals surface area contributed by atoms with Crippen molar-refractivity contribution in [3.63, 3.8) is 0 Å². The Balaban J connectivity index is 1.55. The number of thiophene rings is 1. The Kier molecular flexibility index (Phi) is 6.26. The van der Waals surface area contributed by atoms with Crippen molar-refractivity contribution >= 4 is 23.2 Å². The summed E-state index contributed by atoms with van der Waals surface area (Å²) in [5.74, 6) is 0.313. The van der Waals surface area contributed by atoms with E-state index in [2.05, 4.69) is 11.4 Å². The van der Waals surface area contributed by atoms with Crippen LogP contribution >= 0.6 is 11.3 Å². The molecule has 0 N–H and O–H groups in total. The smallest absolute Gasteiger partial charge is 0.224 e. The molecule has 2 saturated heterocycles. The van der Waals surface area contributed by atoms with Gasteiger partial charge < -0.3 is 14.5 Å². The summed E-state index contributed by atoms with van der Waals surface area (Å²) >= 11 is 1.65. The number of piperidine rings is 1. The van der Waals surface area contributed by atoms with Gasteiger partial charge in [-0.15, -0.1) is 0 Å². The first-order chi connectivity index (χ1) is 11.7. The highest BCUT2D eigenvalue weighted by Crippen LogP contribution is 2.18. The fourth-order valence-electron chi connectivity index (χ4n) is 3.38. The molecular weight excluding hydrogens is 324 g/mol. The van der Waals surface area contributed by atoms with Gasteiger partial charge in [0, 0.05) is 45.6 Å². The number of carbonyl (C=O) groups is 2. The third-order valence-electron chi connectivity index (χ3n) is 4.77. The summed E-state index contributed by atoms with van der Waals surface area (Å²) in [6, 6.07) is 2.06. The van der Waals surface area contributed by atoms with Gasteiger partial charge >= 0.3 is 0 Å². The summed E-state index contributed by atoms with van der Waals surface area (Å²) in [5.41, 5.74) is 1.17. The summed E-state index contributed by atoms with van der Waals surface area (Å²) in [7, 11) is 0. The topological polar surface area (TPSA) is 49.9 Å². The van der Waals surface area contributed by atoms with Gasteiger partial charge in [-0.05, 0) is 48.1 Å². The number of nitrogens with zero attached hydrogens (tertiary/aromatic N) is 2. The molecule has 0 unspecified atom stereocenters. The summed E-state index contributed by atoms with van der Waals surface area (Å²) in [5, 5.41) is 4.13. The molecule has 132 valence electrons. The number of hydrogen-bond acceptors (Lipinski definition) is 4. The lowest BCUT2D eigenvalue weighted by Crippen LogP contribution is -2.41. The van der Waals surface area contributed by atoms with Crippen LogP contribution < -0.4 is 0 Å². The van der Waals surface area contributed by atoms with Gasteiger partial charge in [-0.1, -0.05) is 0 Å². The van der Waals surface area contributed by atoms with Crippen LogP contribution in [-0.4, -0.2) is 54.0 Å². The molecule has 2 amide bonds. The molecular formula is C18H26N2O3S. The van der Waals surface area contributed by atoms with Crippen LogP contribution in [0.4, 0.5) is 0 Å². The molecule has 1 atom stereocenters. The van der Waals surface area contributed by atoms with Crippen LogP contribution in [-0.2, 0) is 20.9 Å². The molecule has 0 aliphatic carbocycles. The van der Waals surface area contributed by atoms with E-state index in [1.165, 1.54) is 5.56 Å². The fraction of sp³-hybridized carbons (Fsp3) is 0.667. The maximum atomic E-state index is 12.7. The van der Waals surface area contributed by atoms with Crippen molar-refractivity contribution in [3.8, 4) is 0 Å². The molecule has 2 aliphatic heterocycles. The van der Waals surface area contributed by atoms with E-state index in [9.17, 15) is 9.59 Å². The van der Waals surface area contributed by atoms with E-state index in [4.69, 9.17) is 4.74 Å². The first-order valence-electron chi connectivity index (χ1n) is 8.90. The quantitative estimate of drug-likeness (QED) is 0.760. The molecule has 24 heavy (non-hydrogen) atoms. The van der Waals surface area contributed by atoms with Crippen molar-refractivity contribution in [3.05, 3.63) is 22.4 Å². The highest BCUT2D eigenvalue weighted by molar-refractivity contribution is 7.07. The van der Waals surface area contributed by atoms with E-state index < -0.39 is 0 Å². The zero-order chi connectivity index (χ0) is 16.8. The number of ether oxygens (including phenoxy) is 1. The number of carbonyl (C=O) groups excluding carboxylic acids is 2. The molecule has 0 aromatic carbocycles. The van der Waals surface area contributed by atoms with Gasteiger partial charge in [0.25, 0.3) is 0 Å². The molecule has 0 saturated carbocycles. The Morgan fingerprint density at radius 1 is 1.38 bits per heavy atom. The highest BCUT2D eigenvalue weighted by atomic mass is 32.1. The predicted octanol–water partition coefficient (Wildman–Crippen LogP) is 2.66. The van der Waals surface area contributed by atoms with Crippen molar-refractivity contribution < 1.29 is 14.3 Å². The zero-order valence-corrected chi connectivity index (χ0v) is 14.9. The van der Waals surface area contributed by atoms with Crippen LogP contribution in [0.2, 0.25) is 0 Å². The van der Waals surface area contributed by atoms with Gasteiger partial charge in [-0.25, -0.2) is 0 Å². The van der Waals surface area contributed by atoms with E-state index in [1.54, 1.807) is 11.3 Å². The molecule has 0 bridgehead atoms. The lowest BCUT2D eigenvalue weighted by atomic mass is 10.1. The van der Waals surface area contributed by atoms with Crippen LogP contribution in [0.25, 0.3) is 0 Å². The maximum Gasteiger partial charge on any atom is 0.224 e. The highest BCUT2D eigenvalue weighted by Gasteiger charge is 2.24. The largest absolute Gasteiger partial charge is 0.376 e. The number of amides is 2. The van der Waals surface area contributed by atoms with Crippen LogP contribution in [0, 0.1) is 0 Å². The Morgan fingerprint density at radius 2 is 2.29 bits per heavy atom. The minimum absolute atomic E-state index is 0.120. The summed E-state index contributed by atoms with van der Waals surface area (Å²) < 4.78 is 5.71. The van der Waals surface area contributed by atoms with Crippen molar-refractivity contribution in [1.82, 2.24) is 9.80 Å². The second-order valence-corrected chi connectivity index (χ2v) is 7.41. The summed E-state index contributed by atoms with van der Waals surface area (Å²) in [6.45, 7) is 3.43. The van der Waals surface area contributed by atoms with Crippen LogP contribution in [0.15, 0.2) is 16.8 Å². The molecule has 2 aliphatic rings. The van der Waals surface area contributed by atoms with Gasteiger partial charge in [0.2, 0.25) is 11.8 Å². The Morgan fingerprint density at radius 3 is 3.00 bits per heavy atom. The maximum absolute atomic E-state index is 12.7. The van der Waals surface area contributed by atoms with Crippen molar-refractivity contribution in [2.24, 2.45) is 0 Å². The minimum Gasteiger partial charge on any atom is -0.376 e. The summed E-state index contributed by atoms with van der Waals surface area (Å²) in [6.07, 6.45) is 5.32. The number of likely N-dealkylation sites (tertiary alicyclic amines) is 1. The zero-order valence-electron chi connectivity index (χ0n) is 14.1. The number of hydrogen-bond donors (Lipinski definition) is 0. The molecule has 0 radical (unpaired) electrons. The van der Waals surface area contributed by atoms with Gasteiger partial charge in [-0.2, -0.15) is 11.3 Å². The third kappa shape index (κ3) is 4.80. The van der Waals surface area contributed by atoms with Crippen molar-refractivity contribution in [2.75, 3.05) is 26.2 Å². The molecule has 1 aromatic rings. The second kappa shape index (κ2) is 8.62. The van der Waals surface area contributed by atoms with Gasteiger partial charge in [-0.3, -0.25) is 9.59 Å². The van der Waals surface area contributed by atoms with E-state index in [-0.39, 0.29) is 17.9 Å².